The van der Waals surface area contributed by atoms with Gasteiger partial charge in [0.2, 0.25) is 0 Å². The van der Waals surface area contributed by atoms with Gasteiger partial charge < -0.3 is 0 Å². The summed E-state index contributed by atoms with van der Waals surface area (Å²) < 4.78 is 21.4. The molecule has 0 radical (unpaired) electrons. The second kappa shape index (κ2) is 12.8. The standard InChI is InChI=1S/C45H67O5P/c1-27-31-24-29(40(2,3)4)20-21-36(31)48-51(45(17,18)19,49-38-32(27)25-30(41(5,6)7)26-35(38)44(14,15)16)50-39(47)28-22-33(42(8,9)10)37(46)34(23-28)43(11,12)13/h20-27,46,51H,1-19H3. The first-order valence-corrected chi connectivity index (χ1v) is 20.3. The molecule has 6 heteroatoms. The maximum absolute atomic E-state index is 14.7. The molecule has 1 unspecified atom stereocenters. The molecule has 282 valence electrons. The number of hydrogen-bond acceptors (Lipinski definition) is 5. The van der Waals surface area contributed by atoms with Gasteiger partial charge in [0.15, 0.2) is 0 Å². The number of hydrogen-bond donors (Lipinski definition) is 1. The van der Waals surface area contributed by atoms with Crippen molar-refractivity contribution in [2.75, 3.05) is 0 Å². The van der Waals surface area contributed by atoms with E-state index in [0.29, 0.717) is 22.4 Å². The Morgan fingerprint density at radius 3 is 1.51 bits per heavy atom. The van der Waals surface area contributed by atoms with Gasteiger partial charge in [-0.3, -0.25) is 0 Å². The molecule has 3 aromatic rings. The summed E-state index contributed by atoms with van der Waals surface area (Å²) in [7, 11) is -4.03. The predicted molar refractivity (Wildman–Crippen MR) is 217 cm³/mol. The molecule has 0 aromatic heterocycles. The van der Waals surface area contributed by atoms with Crippen LogP contribution in [0, 0.1) is 0 Å². The number of fused-ring (bicyclic) bond motifs is 2. The molecule has 0 fully saturated rings. The Morgan fingerprint density at radius 2 is 1.08 bits per heavy atom. The molecular weight excluding hydrogens is 651 g/mol. The van der Waals surface area contributed by atoms with Crippen LogP contribution >= 0.6 is 7.94 Å². The maximum atomic E-state index is 14.7. The molecule has 1 aliphatic heterocycles. The molecule has 0 aliphatic carbocycles. The molecule has 1 atom stereocenters. The summed E-state index contributed by atoms with van der Waals surface area (Å²) in [6.07, 6.45) is 0. The van der Waals surface area contributed by atoms with Crippen molar-refractivity contribution in [3.63, 3.8) is 0 Å². The van der Waals surface area contributed by atoms with Gasteiger partial charge >= 0.3 is 311 Å². The molecule has 0 saturated heterocycles. The van der Waals surface area contributed by atoms with E-state index in [0.717, 1.165) is 22.4 Å². The van der Waals surface area contributed by atoms with Gasteiger partial charge in [-0.15, -0.1) is 0 Å². The molecule has 0 amide bonds. The van der Waals surface area contributed by atoms with Gasteiger partial charge in [-0.25, -0.2) is 0 Å². The van der Waals surface area contributed by atoms with E-state index >= 15 is 0 Å². The average molecular weight is 719 g/mol. The third-order valence-corrected chi connectivity index (χ3v) is 13.4. The molecule has 0 bridgehead atoms. The van der Waals surface area contributed by atoms with Crippen molar-refractivity contribution < 1.29 is 23.5 Å². The van der Waals surface area contributed by atoms with Crippen LogP contribution in [0.5, 0.6) is 17.2 Å². The SMILES string of the molecule is CC1c2cc(C(C)(C)C)ccc2O[PH](OC(=O)c2cc(C(C)(C)C)c(O)c(C(C)(C)C)c2)(C(C)(C)C)Oc2c1cc(C(C)(C)C)cc2C(C)(C)C. The summed E-state index contributed by atoms with van der Waals surface area (Å²) in [6, 6.07) is 14.5. The van der Waals surface area contributed by atoms with E-state index in [1.807, 2.05) is 68.4 Å². The fourth-order valence-electron chi connectivity index (χ4n) is 6.57. The zero-order valence-corrected chi connectivity index (χ0v) is 36.2. The van der Waals surface area contributed by atoms with Crippen molar-refractivity contribution >= 4 is 13.9 Å². The number of phenols is 1. The first kappa shape index (κ1) is 40.7. The van der Waals surface area contributed by atoms with E-state index < -0.39 is 29.9 Å². The number of carbonyl (C=O) groups excluding carboxylic acids is 1. The Bertz CT molecular complexity index is 1780. The van der Waals surface area contributed by atoms with Crippen molar-refractivity contribution in [2.45, 2.75) is 170 Å². The average Bonchev–Trinajstić information content (AvgIpc) is 2.92. The van der Waals surface area contributed by atoms with Crippen molar-refractivity contribution in [1.29, 1.82) is 0 Å². The summed E-state index contributed by atoms with van der Waals surface area (Å²) in [4.78, 5) is 14.7. The molecule has 0 saturated carbocycles. The second-order valence-corrected chi connectivity index (χ2v) is 24.2. The topological polar surface area (TPSA) is 65.0 Å². The van der Waals surface area contributed by atoms with Crippen LogP contribution in [0.1, 0.15) is 187 Å². The van der Waals surface area contributed by atoms with Crippen LogP contribution < -0.4 is 9.05 Å². The van der Waals surface area contributed by atoms with E-state index in [9.17, 15) is 9.90 Å². The Labute approximate surface area is 310 Å². The van der Waals surface area contributed by atoms with Crippen LogP contribution in [0.3, 0.4) is 0 Å². The molecule has 1 aliphatic rings. The second-order valence-electron chi connectivity index (χ2n) is 21.0. The van der Waals surface area contributed by atoms with Crippen LogP contribution in [0.4, 0.5) is 0 Å². The van der Waals surface area contributed by atoms with Gasteiger partial charge in [0.25, 0.3) is 0 Å². The van der Waals surface area contributed by atoms with Gasteiger partial charge in [-0.1, -0.05) is 0 Å². The number of phenolic OH excluding ortho intramolecular Hbond substituents is 1. The van der Waals surface area contributed by atoms with Gasteiger partial charge in [0, 0.05) is 0 Å². The van der Waals surface area contributed by atoms with E-state index in [-0.39, 0.29) is 27.9 Å². The molecule has 0 spiro atoms. The summed E-state index contributed by atoms with van der Waals surface area (Å²) in [6.45, 7) is 40.6. The zero-order valence-electron chi connectivity index (χ0n) is 35.2. The van der Waals surface area contributed by atoms with E-state index in [1.54, 1.807) is 12.1 Å². The Hall–Kier alpha value is -3.04. The summed E-state index contributed by atoms with van der Waals surface area (Å²) in [5.41, 5.74) is 6.03. The fraction of sp³-hybridized carbons (Fsp3) is 0.578. The first-order valence-electron chi connectivity index (χ1n) is 18.6. The quantitative estimate of drug-likeness (QED) is 0.267. The fourth-order valence-corrected chi connectivity index (χ4v) is 8.95. The van der Waals surface area contributed by atoms with Gasteiger partial charge in [-0.2, -0.15) is 0 Å². The Balaban J connectivity index is 2.11. The normalized spacial score (nSPS) is 17.6. The van der Waals surface area contributed by atoms with Gasteiger partial charge in [0.05, 0.1) is 0 Å². The van der Waals surface area contributed by atoms with Gasteiger partial charge in [0.1, 0.15) is 0 Å². The van der Waals surface area contributed by atoms with Gasteiger partial charge in [-0.05, 0) is 0 Å². The molecule has 1 heterocycles. The van der Waals surface area contributed by atoms with Crippen molar-refractivity contribution in [1.82, 2.24) is 0 Å². The van der Waals surface area contributed by atoms with E-state index in [1.165, 1.54) is 11.1 Å². The number of rotatable bonds is 2. The zero-order chi connectivity index (χ0) is 39.1. The Kier molecular flexibility index (Phi) is 10.2. The van der Waals surface area contributed by atoms with Crippen molar-refractivity contribution in [2.24, 2.45) is 0 Å². The van der Waals surface area contributed by atoms with Crippen LogP contribution in [0.15, 0.2) is 42.5 Å². The molecule has 3 aromatic carbocycles. The predicted octanol–water partition coefficient (Wildman–Crippen LogP) is 13.0. The monoisotopic (exact) mass is 718 g/mol. The molecule has 5 nitrogen and oxygen atoms in total. The number of benzene rings is 3. The van der Waals surface area contributed by atoms with Crippen LogP contribution in [-0.2, 0) is 31.6 Å². The third-order valence-electron chi connectivity index (χ3n) is 10.2. The minimum atomic E-state index is -4.03. The van der Waals surface area contributed by atoms with E-state index in [4.69, 9.17) is 13.6 Å². The first-order chi connectivity index (χ1) is 22.8. The molecule has 1 N–H and O–H groups in total. The number of carbonyl (C=O) groups is 1. The number of aromatic hydroxyl groups is 1. The van der Waals surface area contributed by atoms with Crippen LogP contribution in [0.25, 0.3) is 0 Å². The van der Waals surface area contributed by atoms with Crippen LogP contribution in [-0.4, -0.2) is 16.2 Å². The third kappa shape index (κ3) is 8.14. The molecule has 4 rings (SSSR count). The van der Waals surface area contributed by atoms with E-state index in [2.05, 4.69) is 93.5 Å². The van der Waals surface area contributed by atoms with Crippen LogP contribution in [0.2, 0.25) is 0 Å². The minimum absolute atomic E-state index is 0.0656. The van der Waals surface area contributed by atoms with Crippen molar-refractivity contribution in [3.8, 4) is 17.2 Å². The Morgan fingerprint density at radius 1 is 0.608 bits per heavy atom. The molecular formula is C45H67O5P. The van der Waals surface area contributed by atoms with Crippen molar-refractivity contribution in [3.05, 3.63) is 87.0 Å². The summed E-state index contributed by atoms with van der Waals surface area (Å²) >= 11 is 0. The molecule has 51 heavy (non-hydrogen) atoms. The summed E-state index contributed by atoms with van der Waals surface area (Å²) in [5, 5.41) is 10.7. The summed E-state index contributed by atoms with van der Waals surface area (Å²) in [5.74, 6) is 1.03.